The van der Waals surface area contributed by atoms with Crippen molar-refractivity contribution in [3.8, 4) is 11.8 Å². The van der Waals surface area contributed by atoms with E-state index in [1.54, 1.807) is 12.1 Å². The van der Waals surface area contributed by atoms with E-state index < -0.39 is 0 Å². The summed E-state index contributed by atoms with van der Waals surface area (Å²) in [4.78, 5) is 13.9. The van der Waals surface area contributed by atoms with Crippen molar-refractivity contribution in [1.82, 2.24) is 10.2 Å². The third-order valence-electron chi connectivity index (χ3n) is 2.97. The second-order valence-electron chi connectivity index (χ2n) is 4.57. The minimum absolute atomic E-state index is 0.0560. The van der Waals surface area contributed by atoms with E-state index in [-0.39, 0.29) is 12.5 Å². The van der Waals surface area contributed by atoms with Gasteiger partial charge in [0.1, 0.15) is 17.5 Å². The quantitative estimate of drug-likeness (QED) is 0.629. The number of thiocarbonyl (C=S) groups is 1. The fraction of sp³-hybridized carbons (Fsp3) is 0.267. The Labute approximate surface area is 142 Å². The van der Waals surface area contributed by atoms with Gasteiger partial charge in [-0.2, -0.15) is 5.26 Å². The predicted octanol–water partition coefficient (Wildman–Crippen LogP) is 2.82. The van der Waals surface area contributed by atoms with Crippen molar-refractivity contribution in [2.75, 3.05) is 13.2 Å². The molecule has 114 valence electrons. The lowest BCUT2D eigenvalue weighted by molar-refractivity contribution is -0.122. The number of nitrogens with one attached hydrogen (secondary N) is 1. The number of amides is 1. The van der Waals surface area contributed by atoms with Crippen LogP contribution in [0.3, 0.4) is 0 Å². The largest absolute Gasteiger partial charge is 0.478 e. The van der Waals surface area contributed by atoms with Crippen molar-refractivity contribution in [2.45, 2.75) is 13.3 Å². The maximum absolute atomic E-state index is 12.3. The Hall–Kier alpha value is -1.91. The summed E-state index contributed by atoms with van der Waals surface area (Å²) in [5.41, 5.74) is 1.10. The molecule has 0 saturated carbocycles. The van der Waals surface area contributed by atoms with Gasteiger partial charge < -0.3 is 10.1 Å². The van der Waals surface area contributed by atoms with E-state index in [9.17, 15) is 4.79 Å². The molecule has 1 aromatic rings. The average Bonchev–Trinajstić information content (AvgIpc) is 2.74. The highest BCUT2D eigenvalue weighted by atomic mass is 79.9. The van der Waals surface area contributed by atoms with E-state index in [0.717, 1.165) is 10.9 Å². The van der Waals surface area contributed by atoms with E-state index in [2.05, 4.69) is 21.2 Å². The molecule has 5 nitrogen and oxygen atoms in total. The monoisotopic (exact) mass is 379 g/mol. The average molecular weight is 380 g/mol. The summed E-state index contributed by atoms with van der Waals surface area (Å²) in [6, 6.07) is 7.30. The number of nitriles is 1. The summed E-state index contributed by atoms with van der Waals surface area (Å²) in [6.07, 6.45) is 2.51. The van der Waals surface area contributed by atoms with Crippen LogP contribution in [0, 0.1) is 11.3 Å². The van der Waals surface area contributed by atoms with Crippen molar-refractivity contribution in [1.29, 1.82) is 5.26 Å². The van der Waals surface area contributed by atoms with Gasteiger partial charge in [-0.3, -0.25) is 9.69 Å². The summed E-state index contributed by atoms with van der Waals surface area (Å²) in [6.45, 7) is 2.51. The SMILES string of the molecule is CCCN1C(=O)/C(=C/c2cc(Br)ccc2OCC#N)NC1=S. The van der Waals surface area contributed by atoms with Crippen molar-refractivity contribution >= 4 is 45.2 Å². The van der Waals surface area contributed by atoms with Crippen molar-refractivity contribution in [3.63, 3.8) is 0 Å². The zero-order valence-corrected chi connectivity index (χ0v) is 14.3. The molecule has 1 aromatic carbocycles. The normalized spacial score (nSPS) is 15.9. The van der Waals surface area contributed by atoms with Crippen molar-refractivity contribution in [3.05, 3.63) is 33.9 Å². The van der Waals surface area contributed by atoms with Crippen LogP contribution in [-0.2, 0) is 4.79 Å². The van der Waals surface area contributed by atoms with Gasteiger partial charge in [-0.05, 0) is 42.9 Å². The van der Waals surface area contributed by atoms with Crippen LogP contribution in [-0.4, -0.2) is 29.1 Å². The van der Waals surface area contributed by atoms with Gasteiger partial charge in [-0.25, -0.2) is 0 Å². The minimum Gasteiger partial charge on any atom is -0.478 e. The highest BCUT2D eigenvalue weighted by molar-refractivity contribution is 9.10. The molecule has 0 unspecified atom stereocenters. The molecular formula is C15H14BrN3O2S. The molecule has 1 fully saturated rings. The van der Waals surface area contributed by atoms with Gasteiger partial charge in [0.2, 0.25) is 0 Å². The molecule has 0 bridgehead atoms. The maximum atomic E-state index is 12.3. The van der Waals surface area contributed by atoms with Crippen LogP contribution in [0.5, 0.6) is 5.75 Å². The minimum atomic E-state index is -0.155. The lowest BCUT2D eigenvalue weighted by Gasteiger charge is -2.11. The van der Waals surface area contributed by atoms with Gasteiger partial charge >= 0.3 is 0 Å². The van der Waals surface area contributed by atoms with Crippen molar-refractivity contribution in [2.24, 2.45) is 0 Å². The first-order chi connectivity index (χ1) is 10.6. The standard InChI is InChI=1S/C15H14BrN3O2S/c1-2-6-19-14(20)12(18-15(19)22)9-10-8-11(16)3-4-13(10)21-7-5-17/h3-4,8-9H,2,6-7H2,1H3,(H,18,22)/b12-9-. The smallest absolute Gasteiger partial charge is 0.276 e. The maximum Gasteiger partial charge on any atom is 0.276 e. The molecule has 7 heteroatoms. The van der Waals surface area contributed by atoms with E-state index in [4.69, 9.17) is 22.2 Å². The molecule has 1 amide bonds. The first-order valence-corrected chi connectivity index (χ1v) is 7.90. The van der Waals surface area contributed by atoms with Crippen LogP contribution in [0.25, 0.3) is 6.08 Å². The summed E-state index contributed by atoms with van der Waals surface area (Å²) >= 11 is 8.56. The molecule has 22 heavy (non-hydrogen) atoms. The Morgan fingerprint density at radius 1 is 1.55 bits per heavy atom. The zero-order valence-electron chi connectivity index (χ0n) is 11.9. The molecule has 2 rings (SSSR count). The Kier molecular flexibility index (Phi) is 5.52. The van der Waals surface area contributed by atoms with E-state index in [0.29, 0.717) is 28.7 Å². The number of halogens is 1. The van der Waals surface area contributed by atoms with Crippen LogP contribution in [0.15, 0.2) is 28.4 Å². The number of nitrogens with zero attached hydrogens (tertiary/aromatic N) is 2. The first kappa shape index (κ1) is 16.5. The third-order valence-corrected chi connectivity index (χ3v) is 3.79. The number of carbonyl (C=O) groups is 1. The molecule has 0 atom stereocenters. The van der Waals surface area contributed by atoms with Gasteiger partial charge in [0.15, 0.2) is 11.7 Å². The van der Waals surface area contributed by atoms with Crippen LogP contribution in [0.2, 0.25) is 0 Å². The van der Waals surface area contributed by atoms with Gasteiger partial charge in [0, 0.05) is 16.6 Å². The van der Waals surface area contributed by atoms with Crippen LogP contribution >= 0.6 is 28.1 Å². The summed E-state index contributed by atoms with van der Waals surface area (Å²) in [7, 11) is 0. The Morgan fingerprint density at radius 2 is 2.32 bits per heavy atom. The Bertz CT molecular complexity index is 682. The van der Waals surface area contributed by atoms with Crippen molar-refractivity contribution < 1.29 is 9.53 Å². The molecule has 1 N–H and O–H groups in total. The fourth-order valence-electron chi connectivity index (χ4n) is 2.03. The number of hydrogen-bond donors (Lipinski definition) is 1. The zero-order chi connectivity index (χ0) is 16.1. The molecule has 1 aliphatic rings. The molecule has 1 saturated heterocycles. The number of benzene rings is 1. The Balaban J connectivity index is 2.33. The second kappa shape index (κ2) is 7.38. The second-order valence-corrected chi connectivity index (χ2v) is 5.88. The molecule has 0 spiro atoms. The van der Waals surface area contributed by atoms with Gasteiger partial charge in [-0.1, -0.05) is 22.9 Å². The lowest BCUT2D eigenvalue weighted by Crippen LogP contribution is -2.31. The van der Waals surface area contributed by atoms with Crippen LogP contribution < -0.4 is 10.1 Å². The van der Waals surface area contributed by atoms with Crippen LogP contribution in [0.1, 0.15) is 18.9 Å². The summed E-state index contributed by atoms with van der Waals surface area (Å²) in [5, 5.41) is 12.0. The molecular weight excluding hydrogens is 366 g/mol. The molecule has 0 radical (unpaired) electrons. The number of rotatable bonds is 5. The van der Waals surface area contributed by atoms with Gasteiger partial charge in [0.25, 0.3) is 5.91 Å². The predicted molar refractivity (Wildman–Crippen MR) is 91.0 cm³/mol. The van der Waals surface area contributed by atoms with Gasteiger partial charge in [0.05, 0.1) is 0 Å². The van der Waals surface area contributed by atoms with Gasteiger partial charge in [-0.15, -0.1) is 0 Å². The molecule has 0 aromatic heterocycles. The fourth-order valence-corrected chi connectivity index (χ4v) is 2.69. The van der Waals surface area contributed by atoms with E-state index >= 15 is 0 Å². The lowest BCUT2D eigenvalue weighted by atomic mass is 10.1. The summed E-state index contributed by atoms with van der Waals surface area (Å²) < 4.78 is 6.23. The molecule has 0 aliphatic carbocycles. The van der Waals surface area contributed by atoms with Crippen LogP contribution in [0.4, 0.5) is 0 Å². The number of carbonyl (C=O) groups excluding carboxylic acids is 1. The first-order valence-electron chi connectivity index (χ1n) is 6.70. The number of ether oxygens (including phenoxy) is 1. The highest BCUT2D eigenvalue weighted by Gasteiger charge is 2.29. The summed E-state index contributed by atoms with van der Waals surface area (Å²) in [5.74, 6) is 0.379. The highest BCUT2D eigenvalue weighted by Crippen LogP contribution is 2.26. The van der Waals surface area contributed by atoms with E-state index in [1.807, 2.05) is 25.1 Å². The topological polar surface area (TPSA) is 65.4 Å². The Morgan fingerprint density at radius 3 is 3.00 bits per heavy atom. The third kappa shape index (κ3) is 3.64. The molecule has 1 aliphatic heterocycles. The van der Waals surface area contributed by atoms with E-state index in [1.165, 1.54) is 4.90 Å². The number of hydrogen-bond acceptors (Lipinski definition) is 4. The molecule has 1 heterocycles.